The van der Waals surface area contributed by atoms with E-state index in [0.29, 0.717) is 6.42 Å². The molecule has 2 aliphatic rings. The van der Waals surface area contributed by atoms with Gasteiger partial charge in [0.1, 0.15) is 5.75 Å². The number of likely N-dealkylation sites (N-methyl/N-ethyl adjacent to an activating group) is 1. The van der Waals surface area contributed by atoms with E-state index in [9.17, 15) is 4.79 Å². The monoisotopic (exact) mass is 247 g/mol. The summed E-state index contributed by atoms with van der Waals surface area (Å²) < 4.78 is 5.74. The van der Waals surface area contributed by atoms with Crippen LogP contribution in [0.3, 0.4) is 0 Å². The molecule has 18 heavy (non-hydrogen) atoms. The van der Waals surface area contributed by atoms with E-state index in [0.717, 1.165) is 24.2 Å². The second kappa shape index (κ2) is 4.19. The van der Waals surface area contributed by atoms with Gasteiger partial charge in [-0.3, -0.25) is 4.90 Å². The van der Waals surface area contributed by atoms with Crippen LogP contribution in [0.2, 0.25) is 0 Å². The highest BCUT2D eigenvalue weighted by molar-refractivity contribution is 5.65. The first kappa shape index (κ1) is 11.4. The van der Waals surface area contributed by atoms with Crippen LogP contribution in [-0.2, 0) is 19.3 Å². The minimum Gasteiger partial charge on any atom is -0.470 e. The quantitative estimate of drug-likeness (QED) is 0.829. The van der Waals surface area contributed by atoms with E-state index in [1.807, 2.05) is 0 Å². The molecular weight excluding hydrogens is 230 g/mol. The molecule has 4 heteroatoms. The number of hydrogen-bond acceptors (Lipinski definition) is 2. The van der Waals surface area contributed by atoms with Gasteiger partial charge in [0.15, 0.2) is 6.23 Å². The molecule has 0 spiro atoms. The van der Waals surface area contributed by atoms with Crippen molar-refractivity contribution in [3.8, 4) is 5.75 Å². The van der Waals surface area contributed by atoms with Crippen LogP contribution in [-0.4, -0.2) is 29.4 Å². The summed E-state index contributed by atoms with van der Waals surface area (Å²) in [6, 6.07) is 4.32. The van der Waals surface area contributed by atoms with Gasteiger partial charge in [0.25, 0.3) is 0 Å². The van der Waals surface area contributed by atoms with Crippen LogP contribution in [0.1, 0.15) is 29.5 Å². The van der Waals surface area contributed by atoms with Crippen LogP contribution in [0.5, 0.6) is 5.75 Å². The zero-order valence-corrected chi connectivity index (χ0v) is 10.5. The smallest absolute Gasteiger partial charge is 0.409 e. The molecule has 96 valence electrons. The van der Waals surface area contributed by atoms with Crippen molar-refractivity contribution in [2.75, 3.05) is 7.05 Å². The van der Waals surface area contributed by atoms with Crippen LogP contribution in [0.4, 0.5) is 4.79 Å². The highest BCUT2D eigenvalue weighted by atomic mass is 16.5. The first-order chi connectivity index (χ1) is 8.65. The van der Waals surface area contributed by atoms with Gasteiger partial charge >= 0.3 is 6.09 Å². The van der Waals surface area contributed by atoms with Gasteiger partial charge < -0.3 is 9.84 Å². The van der Waals surface area contributed by atoms with E-state index in [2.05, 4.69) is 12.1 Å². The molecule has 0 saturated carbocycles. The van der Waals surface area contributed by atoms with Gasteiger partial charge in [-0.1, -0.05) is 6.07 Å². The fourth-order valence-electron chi connectivity index (χ4n) is 2.80. The van der Waals surface area contributed by atoms with Crippen LogP contribution in [0.25, 0.3) is 0 Å². The third-order valence-corrected chi connectivity index (χ3v) is 3.92. The molecular formula is C14H17NO3. The van der Waals surface area contributed by atoms with E-state index in [1.54, 1.807) is 7.05 Å². The van der Waals surface area contributed by atoms with Crippen molar-refractivity contribution < 1.29 is 14.6 Å². The second-order valence-electron chi connectivity index (χ2n) is 5.11. The Morgan fingerprint density at radius 3 is 2.61 bits per heavy atom. The number of nitrogens with zero attached hydrogens (tertiary/aromatic N) is 1. The summed E-state index contributed by atoms with van der Waals surface area (Å²) in [5.74, 6) is 0.869. The third-order valence-electron chi connectivity index (χ3n) is 3.92. The molecule has 1 aliphatic heterocycles. The van der Waals surface area contributed by atoms with Crippen LogP contribution < -0.4 is 4.74 Å². The standard InChI is InChI=1S/C14H17NO3/c1-15(14(16)17)13-8-11-6-9-4-2-3-5-10(9)7-12(11)18-13/h6-7,13H,2-5,8H2,1H3,(H,16,17). The molecule has 1 aliphatic carbocycles. The van der Waals surface area contributed by atoms with Gasteiger partial charge in [-0.05, 0) is 42.9 Å². The number of carbonyl (C=O) groups is 1. The maximum absolute atomic E-state index is 10.9. The number of aryl methyl sites for hydroxylation is 2. The normalized spacial score (nSPS) is 20.8. The van der Waals surface area contributed by atoms with Crippen LogP contribution in [0.15, 0.2) is 12.1 Å². The van der Waals surface area contributed by atoms with Crippen molar-refractivity contribution in [2.45, 2.75) is 38.3 Å². The van der Waals surface area contributed by atoms with Crippen molar-refractivity contribution in [3.63, 3.8) is 0 Å². The summed E-state index contributed by atoms with van der Waals surface area (Å²) in [5, 5.41) is 8.98. The molecule has 1 N–H and O–H groups in total. The molecule has 0 fully saturated rings. The van der Waals surface area contributed by atoms with Gasteiger partial charge in [0.05, 0.1) is 0 Å². The minimum atomic E-state index is -0.947. The van der Waals surface area contributed by atoms with Gasteiger partial charge in [0.2, 0.25) is 0 Å². The Morgan fingerprint density at radius 2 is 1.94 bits per heavy atom. The summed E-state index contributed by atoms with van der Waals surface area (Å²) in [5.41, 5.74) is 3.94. The summed E-state index contributed by atoms with van der Waals surface area (Å²) in [4.78, 5) is 12.2. The maximum atomic E-state index is 10.9. The number of rotatable bonds is 1. The predicted molar refractivity (Wildman–Crippen MR) is 67.0 cm³/mol. The van der Waals surface area contributed by atoms with Crippen molar-refractivity contribution in [2.24, 2.45) is 0 Å². The van der Waals surface area contributed by atoms with Gasteiger partial charge in [-0.2, -0.15) is 0 Å². The molecule has 1 aromatic carbocycles. The maximum Gasteiger partial charge on any atom is 0.409 e. The van der Waals surface area contributed by atoms with Crippen molar-refractivity contribution >= 4 is 6.09 Å². The zero-order valence-electron chi connectivity index (χ0n) is 10.5. The topological polar surface area (TPSA) is 49.8 Å². The number of hydrogen-bond donors (Lipinski definition) is 1. The van der Waals surface area contributed by atoms with Gasteiger partial charge in [-0.25, -0.2) is 4.79 Å². The SMILES string of the molecule is CN(C(=O)O)C1Cc2cc3c(cc2O1)CCCC3. The van der Waals surface area contributed by atoms with E-state index in [1.165, 1.54) is 28.9 Å². The molecule has 0 saturated heterocycles. The van der Waals surface area contributed by atoms with Crippen LogP contribution in [0, 0.1) is 0 Å². The predicted octanol–water partition coefficient (Wildman–Crippen LogP) is 2.44. The molecule has 1 aromatic rings. The molecule has 1 atom stereocenters. The fourth-order valence-corrected chi connectivity index (χ4v) is 2.80. The Bertz CT molecular complexity index is 463. The number of benzene rings is 1. The van der Waals surface area contributed by atoms with E-state index >= 15 is 0 Å². The molecule has 1 amide bonds. The minimum absolute atomic E-state index is 0.374. The Labute approximate surface area is 106 Å². The average Bonchev–Trinajstić information content (AvgIpc) is 2.77. The number of ether oxygens (including phenoxy) is 1. The zero-order chi connectivity index (χ0) is 12.7. The lowest BCUT2D eigenvalue weighted by atomic mass is 9.90. The third kappa shape index (κ3) is 1.82. The van der Waals surface area contributed by atoms with Crippen molar-refractivity contribution in [1.82, 2.24) is 4.90 Å². The average molecular weight is 247 g/mol. The summed E-state index contributed by atoms with van der Waals surface area (Å²) in [7, 11) is 1.55. The Morgan fingerprint density at radius 1 is 1.28 bits per heavy atom. The Kier molecular flexibility index (Phi) is 2.65. The fraction of sp³-hybridized carbons (Fsp3) is 0.500. The molecule has 1 unspecified atom stereocenters. The molecule has 1 heterocycles. The largest absolute Gasteiger partial charge is 0.470 e. The highest BCUT2D eigenvalue weighted by Crippen LogP contribution is 2.35. The Hall–Kier alpha value is -1.71. The first-order valence-corrected chi connectivity index (χ1v) is 6.42. The molecule has 0 radical (unpaired) electrons. The molecule has 0 aromatic heterocycles. The lowest BCUT2D eigenvalue weighted by Gasteiger charge is -2.20. The van der Waals surface area contributed by atoms with Crippen molar-refractivity contribution in [1.29, 1.82) is 0 Å². The Balaban J connectivity index is 1.87. The van der Waals surface area contributed by atoms with E-state index in [-0.39, 0.29) is 6.23 Å². The van der Waals surface area contributed by atoms with Crippen molar-refractivity contribution in [3.05, 3.63) is 28.8 Å². The van der Waals surface area contributed by atoms with E-state index < -0.39 is 6.09 Å². The summed E-state index contributed by atoms with van der Waals surface area (Å²) >= 11 is 0. The molecule has 3 rings (SSSR count). The number of carboxylic acid groups (broad SMARTS) is 1. The van der Waals surface area contributed by atoms with Crippen LogP contribution >= 0.6 is 0 Å². The number of fused-ring (bicyclic) bond motifs is 2. The number of amides is 1. The molecule has 4 nitrogen and oxygen atoms in total. The molecule has 0 bridgehead atoms. The van der Waals surface area contributed by atoms with Gasteiger partial charge in [-0.15, -0.1) is 0 Å². The highest BCUT2D eigenvalue weighted by Gasteiger charge is 2.30. The summed E-state index contributed by atoms with van der Waals surface area (Å²) in [6.07, 6.45) is 4.09. The first-order valence-electron chi connectivity index (χ1n) is 6.42. The van der Waals surface area contributed by atoms with Gasteiger partial charge in [0, 0.05) is 19.0 Å². The lowest BCUT2D eigenvalue weighted by Crippen LogP contribution is -2.38. The van der Waals surface area contributed by atoms with E-state index in [4.69, 9.17) is 9.84 Å². The lowest BCUT2D eigenvalue weighted by molar-refractivity contribution is 0.0607. The summed E-state index contributed by atoms with van der Waals surface area (Å²) in [6.45, 7) is 0. The second-order valence-corrected chi connectivity index (χ2v) is 5.11.